The normalized spacial score (nSPS) is 15.9. The average molecular weight is 313 g/mol. The first kappa shape index (κ1) is 15.8. The van der Waals surface area contributed by atoms with Crippen LogP contribution in [-0.2, 0) is 4.79 Å². The van der Waals surface area contributed by atoms with Crippen molar-refractivity contribution in [2.45, 2.75) is 32.2 Å². The minimum Gasteiger partial charge on any atom is -0.349 e. The van der Waals surface area contributed by atoms with E-state index in [0.29, 0.717) is 32.4 Å². The number of nitrogens with zero attached hydrogens (tertiary/aromatic N) is 1. The molecule has 0 aromatic heterocycles. The first-order valence-corrected chi connectivity index (χ1v) is 7.43. The molecule has 1 aliphatic heterocycles. The van der Waals surface area contributed by atoms with Gasteiger partial charge in [0.2, 0.25) is 5.91 Å². The lowest BCUT2D eigenvalue weighted by Gasteiger charge is -2.32. The third-order valence-corrected chi connectivity index (χ3v) is 3.99. The summed E-state index contributed by atoms with van der Waals surface area (Å²) in [7, 11) is 0. The van der Waals surface area contributed by atoms with Gasteiger partial charge in [-0.3, -0.25) is 9.59 Å². The Balaban J connectivity index is 1.95. The highest BCUT2D eigenvalue weighted by Crippen LogP contribution is 2.20. The van der Waals surface area contributed by atoms with Crippen molar-refractivity contribution in [1.82, 2.24) is 10.2 Å². The monoisotopic (exact) mass is 312 g/mol. The van der Waals surface area contributed by atoms with Crippen LogP contribution in [0.3, 0.4) is 0 Å². The van der Waals surface area contributed by atoms with E-state index in [-0.39, 0.29) is 22.5 Å². The van der Waals surface area contributed by atoms with Gasteiger partial charge in [-0.1, -0.05) is 24.6 Å². The van der Waals surface area contributed by atoms with Crippen LogP contribution in [0.4, 0.5) is 4.39 Å². The number of carbonyl (C=O) groups excluding carboxylic acids is 2. The molecule has 6 heteroatoms. The van der Waals surface area contributed by atoms with Crippen LogP contribution in [0, 0.1) is 5.82 Å². The highest BCUT2D eigenvalue weighted by molar-refractivity contribution is 6.33. The van der Waals surface area contributed by atoms with Crippen molar-refractivity contribution in [3.05, 3.63) is 34.6 Å². The van der Waals surface area contributed by atoms with Crippen molar-refractivity contribution >= 4 is 23.4 Å². The zero-order valence-electron chi connectivity index (χ0n) is 11.9. The van der Waals surface area contributed by atoms with E-state index in [0.717, 1.165) is 0 Å². The third kappa shape index (κ3) is 3.73. The van der Waals surface area contributed by atoms with Gasteiger partial charge in [0.25, 0.3) is 5.91 Å². The molecule has 0 saturated carbocycles. The molecular formula is C15H18ClFN2O2. The molecule has 0 spiro atoms. The Morgan fingerprint density at radius 2 is 2.05 bits per heavy atom. The van der Waals surface area contributed by atoms with E-state index in [4.69, 9.17) is 11.6 Å². The minimum atomic E-state index is -0.626. The molecule has 0 atom stereocenters. The standard InChI is InChI=1S/C15H18ClFN2O2/c1-2-13(20)19-8-6-10(7-9-19)18-15(21)14-11(16)4-3-5-12(14)17/h3-5,10H,2,6-9H2,1H3,(H,18,21). The van der Waals surface area contributed by atoms with Crippen molar-refractivity contribution < 1.29 is 14.0 Å². The molecular weight excluding hydrogens is 295 g/mol. The first-order valence-electron chi connectivity index (χ1n) is 7.05. The van der Waals surface area contributed by atoms with Gasteiger partial charge in [-0.2, -0.15) is 0 Å². The Kier molecular flexibility index (Phi) is 5.17. The van der Waals surface area contributed by atoms with Gasteiger partial charge in [0.05, 0.1) is 10.6 Å². The van der Waals surface area contributed by atoms with Crippen LogP contribution in [0.1, 0.15) is 36.5 Å². The quantitative estimate of drug-likeness (QED) is 0.932. The molecule has 2 rings (SSSR count). The van der Waals surface area contributed by atoms with Crippen LogP contribution in [0.15, 0.2) is 18.2 Å². The number of halogens is 2. The summed E-state index contributed by atoms with van der Waals surface area (Å²) in [5.41, 5.74) is -0.119. The van der Waals surface area contributed by atoms with E-state index < -0.39 is 11.7 Å². The molecule has 0 bridgehead atoms. The van der Waals surface area contributed by atoms with Crippen molar-refractivity contribution in [1.29, 1.82) is 0 Å². The van der Waals surface area contributed by atoms with Crippen molar-refractivity contribution in [3.63, 3.8) is 0 Å². The fourth-order valence-corrected chi connectivity index (χ4v) is 2.72. The van der Waals surface area contributed by atoms with Gasteiger partial charge < -0.3 is 10.2 Å². The van der Waals surface area contributed by atoms with Crippen LogP contribution in [0.2, 0.25) is 5.02 Å². The summed E-state index contributed by atoms with van der Waals surface area (Å²) in [6.45, 7) is 3.06. The molecule has 0 aliphatic carbocycles. The molecule has 1 aromatic carbocycles. The highest BCUT2D eigenvalue weighted by Gasteiger charge is 2.24. The molecule has 1 aliphatic rings. The molecule has 1 heterocycles. The van der Waals surface area contributed by atoms with Gasteiger partial charge in [0, 0.05) is 25.6 Å². The van der Waals surface area contributed by atoms with Gasteiger partial charge in [0.1, 0.15) is 5.82 Å². The SMILES string of the molecule is CCC(=O)N1CCC(NC(=O)c2c(F)cccc2Cl)CC1. The number of rotatable bonds is 3. The van der Waals surface area contributed by atoms with Gasteiger partial charge in [-0.05, 0) is 25.0 Å². The Morgan fingerprint density at radius 1 is 1.38 bits per heavy atom. The Bertz CT molecular complexity index is 522. The molecule has 1 aromatic rings. The molecule has 4 nitrogen and oxygen atoms in total. The van der Waals surface area contributed by atoms with Crippen LogP contribution in [0.5, 0.6) is 0 Å². The molecule has 1 fully saturated rings. The molecule has 114 valence electrons. The largest absolute Gasteiger partial charge is 0.349 e. The van der Waals surface area contributed by atoms with E-state index in [1.165, 1.54) is 18.2 Å². The maximum absolute atomic E-state index is 13.7. The molecule has 1 saturated heterocycles. The van der Waals surface area contributed by atoms with Crippen molar-refractivity contribution in [2.75, 3.05) is 13.1 Å². The van der Waals surface area contributed by atoms with Gasteiger partial charge >= 0.3 is 0 Å². The van der Waals surface area contributed by atoms with E-state index in [9.17, 15) is 14.0 Å². The minimum absolute atomic E-state index is 0.0610. The summed E-state index contributed by atoms with van der Waals surface area (Å²) in [5.74, 6) is -1.01. The van der Waals surface area contributed by atoms with Gasteiger partial charge in [0.15, 0.2) is 0 Å². The number of benzene rings is 1. The zero-order chi connectivity index (χ0) is 15.4. The summed E-state index contributed by atoms with van der Waals surface area (Å²) >= 11 is 5.87. The maximum Gasteiger partial charge on any atom is 0.255 e. The summed E-state index contributed by atoms with van der Waals surface area (Å²) in [4.78, 5) is 25.5. The lowest BCUT2D eigenvalue weighted by Crippen LogP contribution is -2.46. The average Bonchev–Trinajstić information content (AvgIpc) is 2.47. The Morgan fingerprint density at radius 3 is 2.62 bits per heavy atom. The molecule has 21 heavy (non-hydrogen) atoms. The predicted octanol–water partition coefficient (Wildman–Crippen LogP) is 2.61. The van der Waals surface area contributed by atoms with Crippen LogP contribution in [0.25, 0.3) is 0 Å². The first-order chi connectivity index (χ1) is 10.0. The van der Waals surface area contributed by atoms with E-state index >= 15 is 0 Å². The smallest absolute Gasteiger partial charge is 0.255 e. The van der Waals surface area contributed by atoms with Crippen molar-refractivity contribution in [2.24, 2.45) is 0 Å². The van der Waals surface area contributed by atoms with Crippen LogP contribution >= 0.6 is 11.6 Å². The summed E-state index contributed by atoms with van der Waals surface area (Å²) < 4.78 is 13.7. The van der Waals surface area contributed by atoms with Gasteiger partial charge in [-0.15, -0.1) is 0 Å². The second-order valence-corrected chi connectivity index (χ2v) is 5.49. The van der Waals surface area contributed by atoms with E-state index in [2.05, 4.69) is 5.32 Å². The maximum atomic E-state index is 13.7. The van der Waals surface area contributed by atoms with Crippen LogP contribution in [-0.4, -0.2) is 35.8 Å². The predicted molar refractivity (Wildman–Crippen MR) is 78.8 cm³/mol. The summed E-state index contributed by atoms with van der Waals surface area (Å²) in [6, 6.07) is 4.10. The van der Waals surface area contributed by atoms with Crippen LogP contribution < -0.4 is 5.32 Å². The number of piperidine rings is 1. The number of amides is 2. The lowest BCUT2D eigenvalue weighted by molar-refractivity contribution is -0.131. The zero-order valence-corrected chi connectivity index (χ0v) is 12.6. The van der Waals surface area contributed by atoms with Crippen molar-refractivity contribution in [3.8, 4) is 0 Å². The molecule has 0 radical (unpaired) electrons. The third-order valence-electron chi connectivity index (χ3n) is 3.68. The summed E-state index contributed by atoms with van der Waals surface area (Å²) in [6.07, 6.45) is 1.83. The summed E-state index contributed by atoms with van der Waals surface area (Å²) in [5, 5.41) is 2.90. The fraction of sp³-hybridized carbons (Fsp3) is 0.467. The molecule has 2 amide bonds. The Hall–Kier alpha value is -1.62. The Labute approximate surface area is 128 Å². The number of hydrogen-bond acceptors (Lipinski definition) is 2. The van der Waals surface area contributed by atoms with E-state index in [1.54, 1.807) is 4.90 Å². The fourth-order valence-electron chi connectivity index (χ4n) is 2.47. The number of carbonyl (C=O) groups is 2. The number of nitrogens with one attached hydrogen (secondary N) is 1. The topological polar surface area (TPSA) is 49.4 Å². The lowest BCUT2D eigenvalue weighted by atomic mass is 10.0. The molecule has 1 N–H and O–H groups in total. The highest BCUT2D eigenvalue weighted by atomic mass is 35.5. The second kappa shape index (κ2) is 6.89. The number of likely N-dealkylation sites (tertiary alicyclic amines) is 1. The van der Waals surface area contributed by atoms with Gasteiger partial charge in [-0.25, -0.2) is 4.39 Å². The number of hydrogen-bond donors (Lipinski definition) is 1. The second-order valence-electron chi connectivity index (χ2n) is 5.08. The molecule has 0 unspecified atom stereocenters. The van der Waals surface area contributed by atoms with E-state index in [1.807, 2.05) is 6.92 Å².